The average molecular weight is 275 g/mol. The van der Waals surface area contributed by atoms with Crippen LogP contribution >= 0.6 is 0 Å². The van der Waals surface area contributed by atoms with Gasteiger partial charge in [-0.25, -0.2) is 0 Å². The summed E-state index contributed by atoms with van der Waals surface area (Å²) in [5.41, 5.74) is 0. The normalized spacial score (nSPS) is 39.3. The van der Waals surface area contributed by atoms with Crippen LogP contribution in [0, 0.1) is 29.6 Å². The Morgan fingerprint density at radius 1 is 1.05 bits per heavy atom. The molecule has 3 nitrogen and oxygen atoms in total. The van der Waals surface area contributed by atoms with Crippen LogP contribution < -0.4 is 0 Å². The molecule has 1 aliphatic heterocycles. The predicted molar refractivity (Wildman–Crippen MR) is 77.7 cm³/mol. The van der Waals surface area contributed by atoms with E-state index in [-0.39, 0.29) is 23.7 Å². The van der Waals surface area contributed by atoms with Gasteiger partial charge >= 0.3 is 0 Å². The summed E-state index contributed by atoms with van der Waals surface area (Å²) in [5, 5.41) is 0. The van der Waals surface area contributed by atoms with E-state index < -0.39 is 0 Å². The standard InChI is InChI=1S/C17H25NO2/c1-11-12(2)17(20)18(16(11)19)8-4-3-5-14-9-13-6-7-15(14)10-13/h6-7,11-15H,3-5,8-10H2,1-2H3. The molecule has 2 bridgehead atoms. The van der Waals surface area contributed by atoms with E-state index in [1.807, 2.05) is 13.8 Å². The van der Waals surface area contributed by atoms with Crippen LogP contribution in [0.3, 0.4) is 0 Å². The number of allylic oxidation sites excluding steroid dienone is 2. The second-order valence-corrected chi connectivity index (χ2v) is 6.94. The van der Waals surface area contributed by atoms with E-state index in [2.05, 4.69) is 12.2 Å². The van der Waals surface area contributed by atoms with Crippen LogP contribution in [0.1, 0.15) is 46.0 Å². The lowest BCUT2D eigenvalue weighted by atomic mass is 9.89. The van der Waals surface area contributed by atoms with Crippen molar-refractivity contribution in [2.45, 2.75) is 46.0 Å². The number of nitrogens with zero attached hydrogens (tertiary/aromatic N) is 1. The smallest absolute Gasteiger partial charge is 0.232 e. The molecule has 0 aromatic heterocycles. The minimum Gasteiger partial charge on any atom is -0.282 e. The van der Waals surface area contributed by atoms with Crippen LogP contribution in [0.25, 0.3) is 0 Å². The Labute approximate surface area is 121 Å². The van der Waals surface area contributed by atoms with Crippen molar-refractivity contribution >= 4 is 11.8 Å². The van der Waals surface area contributed by atoms with Crippen LogP contribution in [-0.2, 0) is 9.59 Å². The number of likely N-dealkylation sites (tertiary alicyclic amines) is 1. The first-order valence-electron chi connectivity index (χ1n) is 8.11. The van der Waals surface area contributed by atoms with Gasteiger partial charge in [0.15, 0.2) is 0 Å². The number of rotatable bonds is 5. The molecular weight excluding hydrogens is 250 g/mol. The summed E-state index contributed by atoms with van der Waals surface area (Å²) in [7, 11) is 0. The molecule has 5 unspecified atom stereocenters. The molecule has 0 aromatic rings. The number of imide groups is 1. The SMILES string of the molecule is CC1C(=O)N(CCCCC2CC3C=CC2C3)C(=O)C1C. The fourth-order valence-electron chi connectivity index (χ4n) is 4.15. The van der Waals surface area contributed by atoms with Gasteiger partial charge in [0, 0.05) is 18.4 Å². The van der Waals surface area contributed by atoms with Gasteiger partial charge in [0.25, 0.3) is 0 Å². The number of carbonyl (C=O) groups excluding carboxylic acids is 2. The molecule has 0 N–H and O–H groups in total. The minimum atomic E-state index is -0.127. The van der Waals surface area contributed by atoms with E-state index in [1.54, 1.807) is 0 Å². The van der Waals surface area contributed by atoms with Crippen molar-refractivity contribution in [2.24, 2.45) is 29.6 Å². The minimum absolute atomic E-state index is 0.0327. The molecule has 0 aromatic carbocycles. The first-order chi connectivity index (χ1) is 9.58. The van der Waals surface area contributed by atoms with Crippen molar-refractivity contribution < 1.29 is 9.59 Å². The van der Waals surface area contributed by atoms with E-state index in [0.717, 1.165) is 30.6 Å². The van der Waals surface area contributed by atoms with E-state index >= 15 is 0 Å². The number of unbranched alkanes of at least 4 members (excludes halogenated alkanes) is 1. The second-order valence-electron chi connectivity index (χ2n) is 6.94. The van der Waals surface area contributed by atoms with E-state index in [0.29, 0.717) is 6.54 Å². The van der Waals surface area contributed by atoms with Crippen LogP contribution in [0.15, 0.2) is 12.2 Å². The Hall–Kier alpha value is -1.12. The molecule has 2 amide bonds. The summed E-state index contributed by atoms with van der Waals surface area (Å²) in [6.45, 7) is 4.36. The molecule has 3 rings (SSSR count). The highest BCUT2D eigenvalue weighted by atomic mass is 16.2. The van der Waals surface area contributed by atoms with Crippen molar-refractivity contribution in [2.75, 3.05) is 6.54 Å². The van der Waals surface area contributed by atoms with Crippen molar-refractivity contribution in [3.63, 3.8) is 0 Å². The van der Waals surface area contributed by atoms with Gasteiger partial charge in [-0.05, 0) is 43.4 Å². The van der Waals surface area contributed by atoms with Crippen molar-refractivity contribution in [1.29, 1.82) is 0 Å². The first kappa shape index (κ1) is 13.8. The molecule has 1 saturated heterocycles. The predicted octanol–water partition coefficient (Wildman–Crippen LogP) is 3.01. The van der Waals surface area contributed by atoms with Crippen molar-refractivity contribution in [3.8, 4) is 0 Å². The molecule has 3 heteroatoms. The van der Waals surface area contributed by atoms with Gasteiger partial charge in [-0.15, -0.1) is 0 Å². The third-order valence-electron chi connectivity index (χ3n) is 5.68. The van der Waals surface area contributed by atoms with Crippen LogP contribution in [-0.4, -0.2) is 23.3 Å². The Balaban J connectivity index is 1.41. The molecule has 2 fully saturated rings. The fourth-order valence-corrected chi connectivity index (χ4v) is 4.15. The average Bonchev–Trinajstić information content (AvgIpc) is 3.10. The first-order valence-corrected chi connectivity index (χ1v) is 8.11. The summed E-state index contributed by atoms with van der Waals surface area (Å²) < 4.78 is 0. The zero-order valence-electron chi connectivity index (χ0n) is 12.5. The highest BCUT2D eigenvalue weighted by molar-refractivity contribution is 6.04. The van der Waals surface area contributed by atoms with Crippen LogP contribution in [0.5, 0.6) is 0 Å². The maximum absolute atomic E-state index is 12.0. The lowest BCUT2D eigenvalue weighted by molar-refractivity contribution is -0.139. The lowest BCUT2D eigenvalue weighted by Gasteiger charge is -2.19. The largest absolute Gasteiger partial charge is 0.282 e. The zero-order chi connectivity index (χ0) is 14.3. The van der Waals surface area contributed by atoms with Crippen molar-refractivity contribution in [3.05, 3.63) is 12.2 Å². The summed E-state index contributed by atoms with van der Waals surface area (Å²) in [5.74, 6) is 2.32. The molecule has 1 heterocycles. The number of hydrogen-bond donors (Lipinski definition) is 0. The summed E-state index contributed by atoms with van der Waals surface area (Å²) in [6.07, 6.45) is 10.9. The fraction of sp³-hybridized carbons (Fsp3) is 0.765. The summed E-state index contributed by atoms with van der Waals surface area (Å²) in [4.78, 5) is 25.4. The third kappa shape index (κ3) is 2.32. The van der Waals surface area contributed by atoms with Gasteiger partial charge in [-0.3, -0.25) is 14.5 Å². The Kier molecular flexibility index (Phi) is 3.70. The monoisotopic (exact) mass is 275 g/mol. The maximum Gasteiger partial charge on any atom is 0.232 e. The molecule has 0 spiro atoms. The van der Waals surface area contributed by atoms with E-state index in [9.17, 15) is 9.59 Å². The molecule has 20 heavy (non-hydrogen) atoms. The van der Waals surface area contributed by atoms with Crippen LogP contribution in [0.2, 0.25) is 0 Å². The van der Waals surface area contributed by atoms with Gasteiger partial charge in [0.2, 0.25) is 11.8 Å². The van der Waals surface area contributed by atoms with Gasteiger partial charge in [-0.2, -0.15) is 0 Å². The van der Waals surface area contributed by atoms with Gasteiger partial charge < -0.3 is 0 Å². The Morgan fingerprint density at radius 3 is 2.30 bits per heavy atom. The Morgan fingerprint density at radius 2 is 1.75 bits per heavy atom. The van der Waals surface area contributed by atoms with Gasteiger partial charge in [-0.1, -0.05) is 32.4 Å². The second kappa shape index (κ2) is 5.34. The number of hydrogen-bond acceptors (Lipinski definition) is 2. The molecule has 3 aliphatic rings. The topological polar surface area (TPSA) is 37.4 Å². The highest BCUT2D eigenvalue weighted by Gasteiger charge is 2.41. The summed E-state index contributed by atoms with van der Waals surface area (Å²) >= 11 is 0. The van der Waals surface area contributed by atoms with Gasteiger partial charge in [0.05, 0.1) is 0 Å². The number of carbonyl (C=O) groups is 2. The number of fused-ring (bicyclic) bond motifs is 2. The molecular formula is C17H25NO2. The molecule has 1 saturated carbocycles. The highest BCUT2D eigenvalue weighted by Crippen LogP contribution is 2.45. The zero-order valence-corrected chi connectivity index (χ0v) is 12.5. The molecule has 0 radical (unpaired) electrons. The third-order valence-corrected chi connectivity index (χ3v) is 5.68. The maximum atomic E-state index is 12.0. The van der Waals surface area contributed by atoms with E-state index in [1.165, 1.54) is 24.2 Å². The van der Waals surface area contributed by atoms with Crippen molar-refractivity contribution in [1.82, 2.24) is 4.90 Å². The molecule has 110 valence electrons. The summed E-state index contributed by atoms with van der Waals surface area (Å²) in [6, 6.07) is 0. The lowest BCUT2D eigenvalue weighted by Crippen LogP contribution is -2.31. The van der Waals surface area contributed by atoms with Crippen LogP contribution in [0.4, 0.5) is 0 Å². The molecule has 5 atom stereocenters. The van der Waals surface area contributed by atoms with E-state index in [4.69, 9.17) is 0 Å². The molecule has 2 aliphatic carbocycles. The van der Waals surface area contributed by atoms with Gasteiger partial charge in [0.1, 0.15) is 0 Å². The Bertz CT molecular complexity index is 422. The number of amides is 2. The quantitative estimate of drug-likeness (QED) is 0.439.